The maximum atomic E-state index is 8.41. The van der Waals surface area contributed by atoms with E-state index in [9.17, 15) is 0 Å². The normalized spacial score (nSPS) is 10.8. The summed E-state index contributed by atoms with van der Waals surface area (Å²) in [5, 5.41) is 11.4. The molecular formula is C6H12N2. The number of rotatable bonds is 2. The van der Waals surface area contributed by atoms with Gasteiger partial charge in [0, 0.05) is 0 Å². The second kappa shape index (κ2) is 2.68. The number of nitriles is 1. The minimum Gasteiger partial charge on any atom is -0.300 e. The SMILES string of the molecule is CCNC(C)(C)C#N. The van der Waals surface area contributed by atoms with Crippen LogP contribution >= 0.6 is 0 Å². The highest BCUT2D eigenvalue weighted by Gasteiger charge is 2.12. The molecule has 8 heavy (non-hydrogen) atoms. The van der Waals surface area contributed by atoms with Gasteiger partial charge in [0.05, 0.1) is 6.07 Å². The minimum absolute atomic E-state index is 0.352. The second-order valence-electron chi connectivity index (χ2n) is 2.27. The van der Waals surface area contributed by atoms with E-state index in [4.69, 9.17) is 5.26 Å². The Morgan fingerprint density at radius 3 is 2.25 bits per heavy atom. The molecule has 0 aromatic carbocycles. The first kappa shape index (κ1) is 7.45. The van der Waals surface area contributed by atoms with Crippen molar-refractivity contribution in [3.63, 3.8) is 0 Å². The molecule has 0 radical (unpaired) electrons. The zero-order valence-electron chi connectivity index (χ0n) is 5.65. The van der Waals surface area contributed by atoms with Crippen LogP contribution in [0.1, 0.15) is 20.8 Å². The first-order chi connectivity index (χ1) is 3.62. The number of nitrogens with one attached hydrogen (secondary N) is 1. The quantitative estimate of drug-likeness (QED) is 0.576. The summed E-state index contributed by atoms with van der Waals surface area (Å²) in [6, 6.07) is 2.13. The van der Waals surface area contributed by atoms with Gasteiger partial charge < -0.3 is 5.32 Å². The molecule has 0 amide bonds. The smallest absolute Gasteiger partial charge is 0.101 e. The van der Waals surface area contributed by atoms with Gasteiger partial charge in [-0.1, -0.05) is 6.92 Å². The van der Waals surface area contributed by atoms with E-state index < -0.39 is 0 Å². The lowest BCUT2D eigenvalue weighted by Gasteiger charge is -2.14. The number of hydrogen-bond acceptors (Lipinski definition) is 2. The highest BCUT2D eigenvalue weighted by molar-refractivity contribution is 4.99. The molecule has 0 rings (SSSR count). The summed E-state index contributed by atoms with van der Waals surface area (Å²) in [5.74, 6) is 0. The van der Waals surface area contributed by atoms with Crippen molar-refractivity contribution < 1.29 is 0 Å². The standard InChI is InChI=1S/C6H12N2/c1-4-8-6(2,3)5-7/h8H,4H2,1-3H3. The summed E-state index contributed by atoms with van der Waals surface area (Å²) >= 11 is 0. The molecule has 0 atom stereocenters. The van der Waals surface area contributed by atoms with Crippen molar-refractivity contribution >= 4 is 0 Å². The number of hydrogen-bond donors (Lipinski definition) is 1. The van der Waals surface area contributed by atoms with Gasteiger partial charge in [0.25, 0.3) is 0 Å². The van der Waals surface area contributed by atoms with E-state index in [0.29, 0.717) is 0 Å². The lowest BCUT2D eigenvalue weighted by molar-refractivity contribution is 0.503. The molecule has 0 aromatic rings. The van der Waals surface area contributed by atoms with Gasteiger partial charge in [-0.2, -0.15) is 5.26 Å². The summed E-state index contributed by atoms with van der Waals surface area (Å²) in [7, 11) is 0. The van der Waals surface area contributed by atoms with Gasteiger partial charge in [0.2, 0.25) is 0 Å². The van der Waals surface area contributed by atoms with E-state index in [1.807, 2.05) is 20.8 Å². The van der Waals surface area contributed by atoms with Crippen molar-refractivity contribution in [3.8, 4) is 6.07 Å². The summed E-state index contributed by atoms with van der Waals surface area (Å²) in [4.78, 5) is 0. The summed E-state index contributed by atoms with van der Waals surface area (Å²) < 4.78 is 0. The van der Waals surface area contributed by atoms with Crippen molar-refractivity contribution in [2.75, 3.05) is 6.54 Å². The fourth-order valence-electron chi connectivity index (χ4n) is 0.481. The van der Waals surface area contributed by atoms with Crippen LogP contribution in [-0.4, -0.2) is 12.1 Å². The Kier molecular flexibility index (Phi) is 2.50. The molecule has 1 N–H and O–H groups in total. The fourth-order valence-corrected chi connectivity index (χ4v) is 0.481. The molecule has 0 fully saturated rings. The molecule has 0 aliphatic heterocycles. The first-order valence-electron chi connectivity index (χ1n) is 2.78. The number of nitrogens with zero attached hydrogens (tertiary/aromatic N) is 1. The van der Waals surface area contributed by atoms with Crippen molar-refractivity contribution in [1.29, 1.82) is 5.26 Å². The van der Waals surface area contributed by atoms with Gasteiger partial charge >= 0.3 is 0 Å². The van der Waals surface area contributed by atoms with Gasteiger partial charge in [-0.15, -0.1) is 0 Å². The molecule has 0 spiro atoms. The molecule has 2 heteroatoms. The lowest BCUT2D eigenvalue weighted by Crippen LogP contribution is -2.37. The van der Waals surface area contributed by atoms with E-state index in [-0.39, 0.29) is 5.54 Å². The third-order valence-corrected chi connectivity index (χ3v) is 0.898. The predicted molar refractivity (Wildman–Crippen MR) is 33.4 cm³/mol. The third-order valence-electron chi connectivity index (χ3n) is 0.898. The van der Waals surface area contributed by atoms with Crippen molar-refractivity contribution in [3.05, 3.63) is 0 Å². The Balaban J connectivity index is 3.59. The molecule has 0 aliphatic rings. The molecule has 0 bridgehead atoms. The van der Waals surface area contributed by atoms with Crippen LogP contribution in [0.15, 0.2) is 0 Å². The van der Waals surface area contributed by atoms with E-state index in [2.05, 4.69) is 11.4 Å². The monoisotopic (exact) mass is 112 g/mol. The molecule has 2 nitrogen and oxygen atoms in total. The van der Waals surface area contributed by atoms with Crippen LogP contribution in [0.4, 0.5) is 0 Å². The molecule has 0 saturated carbocycles. The van der Waals surface area contributed by atoms with Gasteiger partial charge in [-0.05, 0) is 20.4 Å². The highest BCUT2D eigenvalue weighted by Crippen LogP contribution is 1.96. The van der Waals surface area contributed by atoms with E-state index in [0.717, 1.165) is 6.54 Å². The summed E-state index contributed by atoms with van der Waals surface area (Å²) in [6.07, 6.45) is 0. The Hall–Kier alpha value is -0.550. The average Bonchev–Trinajstić information content (AvgIpc) is 1.67. The second-order valence-corrected chi connectivity index (χ2v) is 2.27. The Bertz CT molecular complexity index is 99.6. The van der Waals surface area contributed by atoms with Crippen molar-refractivity contribution in [2.45, 2.75) is 26.3 Å². The molecule has 0 saturated heterocycles. The van der Waals surface area contributed by atoms with Gasteiger partial charge in [0.1, 0.15) is 5.54 Å². The van der Waals surface area contributed by atoms with E-state index >= 15 is 0 Å². The van der Waals surface area contributed by atoms with Gasteiger partial charge in [0.15, 0.2) is 0 Å². The Labute approximate surface area is 50.5 Å². The molecular weight excluding hydrogens is 100 g/mol. The molecule has 46 valence electrons. The maximum absolute atomic E-state index is 8.41. The zero-order chi connectivity index (χ0) is 6.62. The Morgan fingerprint density at radius 1 is 1.62 bits per heavy atom. The van der Waals surface area contributed by atoms with E-state index in [1.165, 1.54) is 0 Å². The van der Waals surface area contributed by atoms with Crippen LogP contribution in [0.5, 0.6) is 0 Å². The summed E-state index contributed by atoms with van der Waals surface area (Å²) in [6.45, 7) is 6.55. The van der Waals surface area contributed by atoms with Gasteiger partial charge in [-0.25, -0.2) is 0 Å². The molecule has 0 aromatic heterocycles. The van der Waals surface area contributed by atoms with Crippen LogP contribution < -0.4 is 5.32 Å². The van der Waals surface area contributed by atoms with E-state index in [1.54, 1.807) is 0 Å². The average molecular weight is 112 g/mol. The van der Waals surface area contributed by atoms with Gasteiger partial charge in [-0.3, -0.25) is 0 Å². The molecule has 0 heterocycles. The maximum Gasteiger partial charge on any atom is 0.101 e. The zero-order valence-corrected chi connectivity index (χ0v) is 5.65. The minimum atomic E-state index is -0.352. The molecule has 0 unspecified atom stereocenters. The third kappa shape index (κ3) is 2.59. The first-order valence-corrected chi connectivity index (χ1v) is 2.78. The Morgan fingerprint density at radius 2 is 2.12 bits per heavy atom. The predicted octanol–water partition coefficient (Wildman–Crippen LogP) is 0.898. The van der Waals surface area contributed by atoms with Crippen LogP contribution in [0.25, 0.3) is 0 Å². The van der Waals surface area contributed by atoms with Crippen molar-refractivity contribution in [2.24, 2.45) is 0 Å². The topological polar surface area (TPSA) is 35.8 Å². The van der Waals surface area contributed by atoms with Crippen LogP contribution in [0, 0.1) is 11.3 Å². The largest absolute Gasteiger partial charge is 0.300 e. The summed E-state index contributed by atoms with van der Waals surface area (Å²) in [5.41, 5.74) is -0.352. The lowest BCUT2D eigenvalue weighted by atomic mass is 10.1. The molecule has 0 aliphatic carbocycles. The van der Waals surface area contributed by atoms with Crippen LogP contribution in [-0.2, 0) is 0 Å². The van der Waals surface area contributed by atoms with Crippen LogP contribution in [0.2, 0.25) is 0 Å². The highest BCUT2D eigenvalue weighted by atomic mass is 14.9. The van der Waals surface area contributed by atoms with Crippen molar-refractivity contribution in [1.82, 2.24) is 5.32 Å². The fraction of sp³-hybridized carbons (Fsp3) is 0.833. The van der Waals surface area contributed by atoms with Crippen LogP contribution in [0.3, 0.4) is 0 Å².